The molecule has 1 fully saturated rings. The van der Waals surface area contributed by atoms with Crippen molar-refractivity contribution >= 4 is 28.5 Å². The molecule has 2 heterocycles. The number of fused-ring (bicyclic) bond motifs is 1. The second-order valence-corrected chi connectivity index (χ2v) is 8.06. The fraction of sp³-hybridized carbons (Fsp3) is 0.192. The van der Waals surface area contributed by atoms with Crippen molar-refractivity contribution in [3.8, 4) is 0 Å². The van der Waals surface area contributed by atoms with E-state index in [0.29, 0.717) is 18.5 Å². The van der Waals surface area contributed by atoms with Gasteiger partial charge in [-0.1, -0.05) is 36.4 Å². The Hall–Kier alpha value is -3.93. The maximum Gasteiger partial charge on any atom is 0.251 e. The Morgan fingerprint density at radius 1 is 0.969 bits per heavy atom. The van der Waals surface area contributed by atoms with Crippen molar-refractivity contribution in [3.63, 3.8) is 0 Å². The molecule has 32 heavy (non-hydrogen) atoms. The molecule has 5 rings (SSSR count). The van der Waals surface area contributed by atoms with E-state index in [1.165, 1.54) is 0 Å². The van der Waals surface area contributed by atoms with Gasteiger partial charge in [-0.15, -0.1) is 0 Å². The van der Waals surface area contributed by atoms with Crippen molar-refractivity contribution in [2.75, 3.05) is 11.4 Å². The normalized spacial score (nSPS) is 13.6. The summed E-state index contributed by atoms with van der Waals surface area (Å²) in [5.41, 5.74) is 5.71. The summed E-state index contributed by atoms with van der Waals surface area (Å²) in [6, 6.07) is 23.5. The number of carbonyl (C=O) groups is 2. The molecule has 160 valence electrons. The number of rotatable bonds is 6. The SMILES string of the molecule is O=C(NCc1cccc(Cn2cnc3ccccc32)c1)c1ccc(N2CCCC2=O)cc1. The number of hydrogen-bond donors (Lipinski definition) is 1. The summed E-state index contributed by atoms with van der Waals surface area (Å²) in [4.78, 5) is 30.7. The van der Waals surface area contributed by atoms with Crippen LogP contribution >= 0.6 is 0 Å². The molecule has 1 N–H and O–H groups in total. The van der Waals surface area contributed by atoms with E-state index in [9.17, 15) is 9.59 Å². The fourth-order valence-corrected chi connectivity index (χ4v) is 4.17. The van der Waals surface area contributed by atoms with Gasteiger partial charge in [0.05, 0.1) is 17.4 Å². The standard InChI is InChI=1S/C26H24N4O2/c31-25-9-4-14-30(25)22-12-10-21(11-13-22)26(32)27-16-19-5-3-6-20(15-19)17-29-18-28-23-7-1-2-8-24(23)29/h1-3,5-8,10-13,15,18H,4,9,14,16-17H2,(H,27,32). The predicted octanol–water partition coefficient (Wildman–Crippen LogP) is 4.14. The van der Waals surface area contributed by atoms with Crippen LogP contribution in [0, 0.1) is 0 Å². The highest BCUT2D eigenvalue weighted by molar-refractivity contribution is 5.97. The monoisotopic (exact) mass is 424 g/mol. The third kappa shape index (κ3) is 4.12. The molecule has 4 aromatic rings. The lowest BCUT2D eigenvalue weighted by molar-refractivity contribution is -0.117. The maximum atomic E-state index is 12.6. The summed E-state index contributed by atoms with van der Waals surface area (Å²) < 4.78 is 2.12. The first-order chi connectivity index (χ1) is 15.7. The molecule has 2 amide bonds. The van der Waals surface area contributed by atoms with Gasteiger partial charge in [-0.05, 0) is 53.9 Å². The Kier molecular flexibility index (Phi) is 5.42. The molecular weight excluding hydrogens is 400 g/mol. The summed E-state index contributed by atoms with van der Waals surface area (Å²) in [6.45, 7) is 1.91. The Bertz CT molecular complexity index is 1280. The zero-order chi connectivity index (χ0) is 21.9. The summed E-state index contributed by atoms with van der Waals surface area (Å²) in [6.07, 6.45) is 3.34. The molecule has 0 atom stereocenters. The number of imidazole rings is 1. The smallest absolute Gasteiger partial charge is 0.251 e. The Morgan fingerprint density at radius 3 is 2.59 bits per heavy atom. The molecule has 1 saturated heterocycles. The molecule has 0 unspecified atom stereocenters. The first-order valence-corrected chi connectivity index (χ1v) is 10.8. The number of nitrogens with zero attached hydrogens (tertiary/aromatic N) is 3. The lowest BCUT2D eigenvalue weighted by Crippen LogP contribution is -2.25. The van der Waals surface area contributed by atoms with Crippen molar-refractivity contribution in [1.82, 2.24) is 14.9 Å². The average Bonchev–Trinajstić information content (AvgIpc) is 3.44. The molecular formula is C26H24N4O2. The van der Waals surface area contributed by atoms with E-state index in [0.717, 1.165) is 47.4 Å². The number of hydrogen-bond acceptors (Lipinski definition) is 3. The topological polar surface area (TPSA) is 67.2 Å². The molecule has 6 heteroatoms. The maximum absolute atomic E-state index is 12.6. The molecule has 0 radical (unpaired) electrons. The summed E-state index contributed by atoms with van der Waals surface area (Å²) in [7, 11) is 0. The van der Waals surface area contributed by atoms with Gasteiger partial charge in [0.15, 0.2) is 0 Å². The highest BCUT2D eigenvalue weighted by atomic mass is 16.2. The third-order valence-electron chi connectivity index (χ3n) is 5.84. The second kappa shape index (κ2) is 8.67. The molecule has 0 bridgehead atoms. The Balaban J connectivity index is 1.22. The number of benzene rings is 3. The van der Waals surface area contributed by atoms with Crippen LogP contribution in [-0.4, -0.2) is 27.9 Å². The largest absolute Gasteiger partial charge is 0.348 e. The first-order valence-electron chi connectivity index (χ1n) is 10.8. The van der Waals surface area contributed by atoms with E-state index in [1.807, 2.05) is 48.8 Å². The molecule has 3 aromatic carbocycles. The van der Waals surface area contributed by atoms with Crippen molar-refractivity contribution in [2.45, 2.75) is 25.9 Å². The van der Waals surface area contributed by atoms with Crippen molar-refractivity contribution in [2.24, 2.45) is 0 Å². The quantitative estimate of drug-likeness (QED) is 0.506. The van der Waals surface area contributed by atoms with Gasteiger partial charge in [0, 0.05) is 37.3 Å². The summed E-state index contributed by atoms with van der Waals surface area (Å²) in [5, 5.41) is 2.99. The second-order valence-electron chi connectivity index (χ2n) is 8.06. The van der Waals surface area contributed by atoms with E-state index in [-0.39, 0.29) is 11.8 Å². The van der Waals surface area contributed by atoms with Gasteiger partial charge in [0.2, 0.25) is 5.91 Å². The van der Waals surface area contributed by atoms with Crippen LogP contribution in [-0.2, 0) is 17.9 Å². The highest BCUT2D eigenvalue weighted by Crippen LogP contribution is 2.21. The van der Waals surface area contributed by atoms with Crippen LogP contribution in [0.25, 0.3) is 11.0 Å². The number of anilines is 1. The van der Waals surface area contributed by atoms with E-state index in [2.05, 4.69) is 33.1 Å². The zero-order valence-electron chi connectivity index (χ0n) is 17.7. The van der Waals surface area contributed by atoms with E-state index >= 15 is 0 Å². The fourth-order valence-electron chi connectivity index (χ4n) is 4.17. The Labute approximate surface area is 186 Å². The minimum atomic E-state index is -0.129. The number of para-hydroxylation sites is 2. The number of amides is 2. The zero-order valence-corrected chi connectivity index (χ0v) is 17.7. The number of carbonyl (C=O) groups excluding carboxylic acids is 2. The summed E-state index contributed by atoms with van der Waals surface area (Å²) >= 11 is 0. The predicted molar refractivity (Wildman–Crippen MR) is 124 cm³/mol. The lowest BCUT2D eigenvalue weighted by Gasteiger charge is -2.15. The van der Waals surface area contributed by atoms with Crippen LogP contribution in [0.15, 0.2) is 79.1 Å². The van der Waals surface area contributed by atoms with Gasteiger partial charge >= 0.3 is 0 Å². The van der Waals surface area contributed by atoms with Gasteiger partial charge in [0.25, 0.3) is 5.91 Å². The van der Waals surface area contributed by atoms with E-state index < -0.39 is 0 Å². The Morgan fingerprint density at radius 2 is 1.78 bits per heavy atom. The first kappa shape index (κ1) is 20.0. The molecule has 0 aliphatic carbocycles. The molecule has 1 aliphatic heterocycles. The molecule has 0 saturated carbocycles. The van der Waals surface area contributed by atoms with Crippen LogP contribution in [0.2, 0.25) is 0 Å². The number of nitrogens with one attached hydrogen (secondary N) is 1. The van der Waals surface area contributed by atoms with Crippen molar-refractivity contribution < 1.29 is 9.59 Å². The minimum absolute atomic E-state index is 0.129. The van der Waals surface area contributed by atoms with Gasteiger partial charge in [-0.3, -0.25) is 9.59 Å². The molecule has 6 nitrogen and oxygen atoms in total. The lowest BCUT2D eigenvalue weighted by atomic mass is 10.1. The van der Waals surface area contributed by atoms with Crippen LogP contribution < -0.4 is 10.2 Å². The van der Waals surface area contributed by atoms with Crippen LogP contribution in [0.4, 0.5) is 5.69 Å². The van der Waals surface area contributed by atoms with Gasteiger partial charge < -0.3 is 14.8 Å². The van der Waals surface area contributed by atoms with E-state index in [4.69, 9.17) is 0 Å². The van der Waals surface area contributed by atoms with Crippen LogP contribution in [0.1, 0.15) is 34.3 Å². The van der Waals surface area contributed by atoms with Crippen LogP contribution in [0.3, 0.4) is 0 Å². The minimum Gasteiger partial charge on any atom is -0.348 e. The molecule has 1 aromatic heterocycles. The summed E-state index contributed by atoms with van der Waals surface area (Å²) in [5.74, 6) is 0.0149. The number of aromatic nitrogens is 2. The third-order valence-corrected chi connectivity index (χ3v) is 5.84. The molecule has 1 aliphatic rings. The van der Waals surface area contributed by atoms with Gasteiger partial charge in [0.1, 0.15) is 0 Å². The highest BCUT2D eigenvalue weighted by Gasteiger charge is 2.21. The van der Waals surface area contributed by atoms with Crippen molar-refractivity contribution in [3.05, 3.63) is 95.8 Å². The van der Waals surface area contributed by atoms with Gasteiger partial charge in [-0.2, -0.15) is 0 Å². The van der Waals surface area contributed by atoms with Crippen LogP contribution in [0.5, 0.6) is 0 Å². The average molecular weight is 425 g/mol. The molecule has 0 spiro atoms. The van der Waals surface area contributed by atoms with E-state index in [1.54, 1.807) is 17.0 Å². The van der Waals surface area contributed by atoms with Crippen molar-refractivity contribution in [1.29, 1.82) is 0 Å². The van der Waals surface area contributed by atoms with Gasteiger partial charge in [-0.25, -0.2) is 4.98 Å².